The number of fused-ring (bicyclic) bond motifs is 1. The van der Waals surface area contributed by atoms with Crippen molar-refractivity contribution in [3.8, 4) is 0 Å². The molecule has 1 radical (unpaired) electrons. The zero-order valence-corrected chi connectivity index (χ0v) is 11.0. The van der Waals surface area contributed by atoms with Crippen molar-refractivity contribution in [1.82, 2.24) is 0 Å². The molecule has 0 aliphatic heterocycles. The van der Waals surface area contributed by atoms with E-state index in [0.29, 0.717) is 0 Å². The maximum Gasteiger partial charge on any atom is 0.0134 e. The van der Waals surface area contributed by atoms with Gasteiger partial charge in [-0.05, 0) is 36.1 Å². The first kappa shape index (κ1) is 9.91. The molecule has 0 bridgehead atoms. The molecule has 0 spiro atoms. The summed E-state index contributed by atoms with van der Waals surface area (Å²) in [5.74, 6) is 0. The molecule has 0 fully saturated rings. The van der Waals surface area contributed by atoms with Crippen LogP contribution in [0.25, 0.3) is 6.08 Å². The summed E-state index contributed by atoms with van der Waals surface area (Å²) in [7, 11) is 0. The van der Waals surface area contributed by atoms with Crippen molar-refractivity contribution in [2.45, 2.75) is 13.8 Å². The number of hydrogen-bond donors (Lipinski definition) is 0. The third-order valence-corrected chi connectivity index (χ3v) is 2.25. The second-order valence-electron chi connectivity index (χ2n) is 3.05. The molecule has 59 valence electrons. The molecule has 0 N–H and O–H groups in total. The molecule has 1 heteroatoms. The molecule has 0 unspecified atom stereocenters. The summed E-state index contributed by atoms with van der Waals surface area (Å²) in [6.45, 7) is 4.31. The van der Waals surface area contributed by atoms with Gasteiger partial charge in [0.15, 0.2) is 0 Å². The summed E-state index contributed by atoms with van der Waals surface area (Å²) < 4.78 is 0. The van der Waals surface area contributed by atoms with E-state index in [4.69, 9.17) is 0 Å². The van der Waals surface area contributed by atoms with Gasteiger partial charge in [0, 0.05) is 32.3 Å². The van der Waals surface area contributed by atoms with Crippen molar-refractivity contribution in [2.24, 2.45) is 0 Å². The molecule has 0 nitrogen and oxygen atoms in total. The first-order valence-electron chi connectivity index (χ1n) is 3.90. The Labute approximate surface area is 92.5 Å². The van der Waals surface area contributed by atoms with Crippen molar-refractivity contribution in [2.75, 3.05) is 0 Å². The van der Waals surface area contributed by atoms with Crippen LogP contribution in [0.5, 0.6) is 0 Å². The number of aryl methyl sites for hydroxylation is 2. The first-order chi connectivity index (χ1) is 5.29. The predicted molar refractivity (Wildman–Crippen MR) is 48.4 cm³/mol. The molecule has 2 rings (SSSR count). The maximum atomic E-state index is 2.18. The van der Waals surface area contributed by atoms with Crippen LogP contribution in [0.15, 0.2) is 18.2 Å². The molecule has 1 aromatic carbocycles. The van der Waals surface area contributed by atoms with Crippen molar-refractivity contribution >= 4 is 6.08 Å². The van der Waals surface area contributed by atoms with E-state index in [1.165, 1.54) is 22.3 Å². The van der Waals surface area contributed by atoms with Crippen LogP contribution < -0.4 is 0 Å². The van der Waals surface area contributed by atoms with Gasteiger partial charge in [-0.3, -0.25) is 0 Å². The third kappa shape index (κ3) is 1.47. The molecular weight excluding hydrogens is 311 g/mol. The monoisotopic (exact) mass is 323 g/mol. The molecule has 0 aromatic heterocycles. The van der Waals surface area contributed by atoms with Gasteiger partial charge >= 0.3 is 0 Å². The van der Waals surface area contributed by atoms with Crippen LogP contribution in [0.2, 0.25) is 0 Å². The van der Waals surface area contributed by atoms with Crippen LogP contribution in [0.3, 0.4) is 0 Å². The molecule has 12 heavy (non-hydrogen) atoms. The van der Waals surface area contributed by atoms with Crippen LogP contribution >= 0.6 is 0 Å². The summed E-state index contributed by atoms with van der Waals surface area (Å²) in [5, 5.41) is 0. The van der Waals surface area contributed by atoms with Crippen LogP contribution in [-0.4, -0.2) is 0 Å². The molecule has 0 heterocycles. The zero-order valence-electron chi connectivity index (χ0n) is 7.39. The largest absolute Gasteiger partial charge is 0.0754 e. The van der Waals surface area contributed by atoms with E-state index in [-0.39, 0.29) is 25.8 Å². The Morgan fingerprint density at radius 3 is 2.08 bits per heavy atom. The minimum atomic E-state index is 0. The second-order valence-corrected chi connectivity index (χ2v) is 3.05. The minimum Gasteiger partial charge on any atom is -0.0754 e. The topological polar surface area (TPSA) is 0 Å². The van der Waals surface area contributed by atoms with Gasteiger partial charge in [0.25, 0.3) is 0 Å². The van der Waals surface area contributed by atoms with E-state index >= 15 is 0 Å². The number of rotatable bonds is 0. The van der Waals surface area contributed by atoms with Gasteiger partial charge in [-0.1, -0.05) is 24.3 Å². The first-order valence-corrected chi connectivity index (χ1v) is 3.90. The van der Waals surface area contributed by atoms with Gasteiger partial charge in [-0.25, -0.2) is 0 Å². The molecule has 1 aromatic rings. The Morgan fingerprint density at radius 2 is 1.50 bits per heavy atom. The summed E-state index contributed by atoms with van der Waals surface area (Å²) in [5.41, 5.74) is 5.53. The minimum absolute atomic E-state index is 0. The summed E-state index contributed by atoms with van der Waals surface area (Å²) in [6, 6.07) is 4.36. The second kappa shape index (κ2) is 3.69. The molecule has 0 saturated carbocycles. The Bertz CT molecular complexity index is 324. The fraction of sp³-hybridized carbons (Fsp3) is 0.182. The number of hydrogen-bond acceptors (Lipinski definition) is 0. The van der Waals surface area contributed by atoms with E-state index < -0.39 is 0 Å². The molecule has 1 aliphatic rings. The van der Waals surface area contributed by atoms with Crippen molar-refractivity contribution in [1.29, 1.82) is 0 Å². The van der Waals surface area contributed by atoms with Gasteiger partial charge < -0.3 is 0 Å². The van der Waals surface area contributed by atoms with Crippen molar-refractivity contribution in [3.63, 3.8) is 0 Å². The van der Waals surface area contributed by atoms with Crippen molar-refractivity contribution in [3.05, 3.63) is 46.9 Å². The number of benzene rings is 1. The van der Waals surface area contributed by atoms with Gasteiger partial charge in [-0.15, -0.1) is 0 Å². The molecule has 1 aliphatic carbocycles. The third-order valence-electron chi connectivity index (χ3n) is 2.25. The Balaban J connectivity index is 0.000000720. The van der Waals surface area contributed by atoms with E-state index in [9.17, 15) is 0 Å². The van der Waals surface area contributed by atoms with Gasteiger partial charge in [0.1, 0.15) is 0 Å². The fourth-order valence-electron chi connectivity index (χ4n) is 1.54. The van der Waals surface area contributed by atoms with E-state index in [2.05, 4.69) is 44.6 Å². The Morgan fingerprint density at radius 1 is 0.917 bits per heavy atom. The van der Waals surface area contributed by atoms with Gasteiger partial charge in [-0.2, -0.15) is 0 Å². The van der Waals surface area contributed by atoms with Crippen LogP contribution in [0, 0.1) is 20.3 Å². The normalized spacial score (nSPS) is 12.5. The summed E-state index contributed by atoms with van der Waals surface area (Å²) >= 11 is 0. The maximum absolute atomic E-state index is 2.18. The standard InChI is InChI=1S/C11H11.Hf/c1-8-6-7-9(2)11-5-3-4-10(8)11;/h3-7H,1-2H3;. The van der Waals surface area contributed by atoms with E-state index in [1.54, 1.807) is 0 Å². The van der Waals surface area contributed by atoms with E-state index in [1.807, 2.05) is 0 Å². The van der Waals surface area contributed by atoms with Crippen LogP contribution in [0.1, 0.15) is 22.3 Å². The smallest absolute Gasteiger partial charge is 0.0134 e. The summed E-state index contributed by atoms with van der Waals surface area (Å²) in [6.07, 6.45) is 6.47. The van der Waals surface area contributed by atoms with Crippen LogP contribution in [0.4, 0.5) is 0 Å². The van der Waals surface area contributed by atoms with Gasteiger partial charge in [0.05, 0.1) is 0 Å². The fourth-order valence-corrected chi connectivity index (χ4v) is 1.54. The molecular formula is C11H11Hf. The molecule has 0 amide bonds. The van der Waals surface area contributed by atoms with Crippen molar-refractivity contribution < 1.29 is 25.8 Å². The Kier molecular flexibility index (Phi) is 3.05. The molecule has 0 saturated heterocycles. The average Bonchev–Trinajstić information content (AvgIpc) is 2.45. The zero-order chi connectivity index (χ0) is 7.84. The van der Waals surface area contributed by atoms with Gasteiger partial charge in [0.2, 0.25) is 0 Å². The average molecular weight is 322 g/mol. The quantitative estimate of drug-likeness (QED) is 0.645. The predicted octanol–water partition coefficient (Wildman–Crippen LogP) is 2.88. The summed E-state index contributed by atoms with van der Waals surface area (Å²) in [4.78, 5) is 0. The SMILES string of the molecule is Cc1ccc(C)c2c1[CH]C=C2.[Hf]. The molecule has 0 atom stereocenters. The number of allylic oxidation sites excluding steroid dienone is 1. The Hall–Kier alpha value is -0.170. The van der Waals surface area contributed by atoms with Crippen LogP contribution in [-0.2, 0) is 25.8 Å². The van der Waals surface area contributed by atoms with E-state index in [0.717, 1.165) is 0 Å².